The lowest BCUT2D eigenvalue weighted by molar-refractivity contribution is -0.110. The Balaban J connectivity index is 2.11. The van der Waals surface area contributed by atoms with Crippen LogP contribution in [0.25, 0.3) is 11.6 Å². The van der Waals surface area contributed by atoms with Crippen molar-refractivity contribution < 1.29 is 9.18 Å². The zero-order valence-corrected chi connectivity index (χ0v) is 11.2. The Hall–Kier alpha value is -2.01. The topological polar surface area (TPSA) is 42.0 Å². The van der Waals surface area contributed by atoms with Crippen LogP contribution in [0.1, 0.15) is 11.3 Å². The van der Waals surface area contributed by atoms with Crippen LogP contribution in [0.2, 0.25) is 0 Å². The standard InChI is InChI=1S/C14H8BrFN2O/c15-8-3-4-17-10(5-8)7-12-11-6-9(16)1-2-13(11)18-14(12)19/h1-7H,(H,18,19). The van der Waals surface area contributed by atoms with Gasteiger partial charge < -0.3 is 5.32 Å². The minimum atomic E-state index is -0.372. The van der Waals surface area contributed by atoms with Gasteiger partial charge in [0.1, 0.15) is 5.82 Å². The molecule has 3 rings (SSSR count). The second-order valence-corrected chi connectivity index (χ2v) is 5.02. The Morgan fingerprint density at radius 3 is 2.89 bits per heavy atom. The van der Waals surface area contributed by atoms with Crippen molar-refractivity contribution in [2.75, 3.05) is 5.32 Å². The molecule has 1 aliphatic heterocycles. The molecule has 0 radical (unpaired) electrons. The number of carbonyl (C=O) groups is 1. The van der Waals surface area contributed by atoms with Gasteiger partial charge in [0.2, 0.25) is 0 Å². The highest BCUT2D eigenvalue weighted by molar-refractivity contribution is 9.10. The van der Waals surface area contributed by atoms with E-state index in [-0.39, 0.29) is 11.7 Å². The second kappa shape index (κ2) is 4.59. The van der Waals surface area contributed by atoms with Gasteiger partial charge in [0.05, 0.1) is 11.3 Å². The Kier molecular flexibility index (Phi) is 2.91. The van der Waals surface area contributed by atoms with Gasteiger partial charge in [0, 0.05) is 21.9 Å². The van der Waals surface area contributed by atoms with E-state index in [1.165, 1.54) is 12.1 Å². The fraction of sp³-hybridized carbons (Fsp3) is 0. The summed E-state index contributed by atoms with van der Waals surface area (Å²) in [5, 5.41) is 2.70. The number of anilines is 1. The van der Waals surface area contributed by atoms with Gasteiger partial charge in [0.15, 0.2) is 0 Å². The van der Waals surface area contributed by atoms with Crippen molar-refractivity contribution in [3.8, 4) is 0 Å². The number of aromatic nitrogens is 1. The largest absolute Gasteiger partial charge is 0.321 e. The first-order valence-electron chi connectivity index (χ1n) is 5.58. The maximum absolute atomic E-state index is 13.3. The van der Waals surface area contributed by atoms with Crippen molar-refractivity contribution in [2.24, 2.45) is 0 Å². The van der Waals surface area contributed by atoms with Crippen LogP contribution in [-0.2, 0) is 4.79 Å². The molecule has 1 N–H and O–H groups in total. The van der Waals surface area contributed by atoms with Crippen LogP contribution in [0, 0.1) is 5.82 Å². The summed E-state index contributed by atoms with van der Waals surface area (Å²) in [7, 11) is 0. The third-order valence-electron chi connectivity index (χ3n) is 2.80. The molecule has 0 spiro atoms. The van der Waals surface area contributed by atoms with Gasteiger partial charge in [-0.3, -0.25) is 9.78 Å². The van der Waals surface area contributed by atoms with E-state index < -0.39 is 0 Å². The molecule has 1 aromatic heterocycles. The zero-order chi connectivity index (χ0) is 13.4. The molecule has 0 bridgehead atoms. The average Bonchev–Trinajstić information content (AvgIpc) is 2.66. The number of fused-ring (bicyclic) bond motifs is 1. The second-order valence-electron chi connectivity index (χ2n) is 4.10. The normalized spacial score (nSPS) is 15.5. The molecule has 0 unspecified atom stereocenters. The summed E-state index contributed by atoms with van der Waals surface area (Å²) in [6.07, 6.45) is 3.28. The van der Waals surface area contributed by atoms with Crippen LogP contribution in [0.3, 0.4) is 0 Å². The quantitative estimate of drug-likeness (QED) is 0.818. The van der Waals surface area contributed by atoms with Gasteiger partial charge in [-0.15, -0.1) is 0 Å². The highest BCUT2D eigenvalue weighted by atomic mass is 79.9. The molecule has 3 nitrogen and oxygen atoms in total. The first-order valence-corrected chi connectivity index (χ1v) is 6.37. The van der Waals surface area contributed by atoms with Crippen molar-refractivity contribution in [1.29, 1.82) is 0 Å². The number of carbonyl (C=O) groups excluding carboxylic acids is 1. The number of rotatable bonds is 1. The molecule has 0 fully saturated rings. The summed E-state index contributed by atoms with van der Waals surface area (Å²) in [6, 6.07) is 7.80. The van der Waals surface area contributed by atoms with Crippen LogP contribution in [0.5, 0.6) is 0 Å². The molecule has 0 saturated carbocycles. The minimum Gasteiger partial charge on any atom is -0.321 e. The molecule has 94 valence electrons. The number of hydrogen-bond acceptors (Lipinski definition) is 2. The monoisotopic (exact) mass is 318 g/mol. The van der Waals surface area contributed by atoms with E-state index in [9.17, 15) is 9.18 Å². The lowest BCUT2D eigenvalue weighted by Crippen LogP contribution is -2.03. The summed E-state index contributed by atoms with van der Waals surface area (Å²) >= 11 is 3.34. The Morgan fingerprint density at radius 1 is 1.26 bits per heavy atom. The number of benzene rings is 1. The Bertz CT molecular complexity index is 712. The van der Waals surface area contributed by atoms with E-state index >= 15 is 0 Å². The fourth-order valence-corrected chi connectivity index (χ4v) is 2.30. The minimum absolute atomic E-state index is 0.248. The number of nitrogens with one attached hydrogen (secondary N) is 1. The summed E-state index contributed by atoms with van der Waals surface area (Å²) < 4.78 is 14.1. The first kappa shape index (κ1) is 12.0. The number of pyridine rings is 1. The third-order valence-corrected chi connectivity index (χ3v) is 3.29. The molecule has 2 aromatic rings. The SMILES string of the molecule is O=C1Nc2ccc(F)cc2C1=Cc1cc(Br)ccn1. The van der Waals surface area contributed by atoms with Crippen LogP contribution < -0.4 is 5.32 Å². The lowest BCUT2D eigenvalue weighted by Gasteiger charge is -1.99. The van der Waals surface area contributed by atoms with E-state index in [1.54, 1.807) is 30.5 Å². The van der Waals surface area contributed by atoms with E-state index in [1.807, 2.05) is 0 Å². The third kappa shape index (κ3) is 2.29. The van der Waals surface area contributed by atoms with Crippen molar-refractivity contribution in [3.63, 3.8) is 0 Å². The average molecular weight is 319 g/mol. The van der Waals surface area contributed by atoms with Gasteiger partial charge in [-0.05, 0) is 36.4 Å². The van der Waals surface area contributed by atoms with E-state index in [0.29, 0.717) is 22.5 Å². The van der Waals surface area contributed by atoms with E-state index in [0.717, 1.165) is 4.47 Å². The summed E-state index contributed by atoms with van der Waals surface area (Å²) in [5.74, 6) is -0.620. The van der Waals surface area contributed by atoms with Gasteiger partial charge in [-0.1, -0.05) is 15.9 Å². The van der Waals surface area contributed by atoms with Gasteiger partial charge in [0.25, 0.3) is 5.91 Å². The summed E-state index contributed by atoms with van der Waals surface area (Å²) in [6.45, 7) is 0. The Labute approximate surface area is 117 Å². The van der Waals surface area contributed by atoms with Gasteiger partial charge >= 0.3 is 0 Å². The molecule has 1 amide bonds. The van der Waals surface area contributed by atoms with E-state index in [2.05, 4.69) is 26.2 Å². The fourth-order valence-electron chi connectivity index (χ4n) is 1.95. The summed E-state index contributed by atoms with van der Waals surface area (Å²) in [4.78, 5) is 16.0. The van der Waals surface area contributed by atoms with Crippen LogP contribution in [-0.4, -0.2) is 10.9 Å². The van der Waals surface area contributed by atoms with E-state index in [4.69, 9.17) is 0 Å². The molecule has 19 heavy (non-hydrogen) atoms. The first-order chi connectivity index (χ1) is 9.13. The number of hydrogen-bond donors (Lipinski definition) is 1. The Morgan fingerprint density at radius 2 is 2.11 bits per heavy atom. The maximum Gasteiger partial charge on any atom is 0.256 e. The predicted molar refractivity (Wildman–Crippen MR) is 74.8 cm³/mol. The van der Waals surface area contributed by atoms with Crippen LogP contribution in [0.15, 0.2) is 41.0 Å². The zero-order valence-electron chi connectivity index (χ0n) is 9.65. The van der Waals surface area contributed by atoms with Gasteiger partial charge in [-0.2, -0.15) is 0 Å². The smallest absolute Gasteiger partial charge is 0.256 e. The molecule has 1 aromatic carbocycles. The number of amides is 1. The molecule has 0 saturated heterocycles. The highest BCUT2D eigenvalue weighted by Gasteiger charge is 2.24. The molecule has 0 atom stereocenters. The number of halogens is 2. The maximum atomic E-state index is 13.3. The number of nitrogens with zero attached hydrogens (tertiary/aromatic N) is 1. The van der Waals surface area contributed by atoms with Crippen molar-refractivity contribution in [3.05, 3.63) is 58.1 Å². The molecule has 5 heteroatoms. The predicted octanol–water partition coefficient (Wildman–Crippen LogP) is 3.48. The van der Waals surface area contributed by atoms with Crippen LogP contribution >= 0.6 is 15.9 Å². The van der Waals surface area contributed by atoms with Crippen molar-refractivity contribution in [1.82, 2.24) is 4.98 Å². The molecule has 0 aliphatic carbocycles. The molecule has 2 heterocycles. The lowest BCUT2D eigenvalue weighted by atomic mass is 10.1. The molecular weight excluding hydrogens is 311 g/mol. The molecule has 1 aliphatic rings. The van der Waals surface area contributed by atoms with Crippen molar-refractivity contribution in [2.45, 2.75) is 0 Å². The van der Waals surface area contributed by atoms with Gasteiger partial charge in [-0.25, -0.2) is 4.39 Å². The highest BCUT2D eigenvalue weighted by Crippen LogP contribution is 2.33. The van der Waals surface area contributed by atoms with Crippen molar-refractivity contribution >= 4 is 39.2 Å². The van der Waals surface area contributed by atoms with Crippen LogP contribution in [0.4, 0.5) is 10.1 Å². The summed E-state index contributed by atoms with van der Waals surface area (Å²) in [5.41, 5.74) is 2.23. The molecular formula is C14H8BrFN2O.